The summed E-state index contributed by atoms with van der Waals surface area (Å²) in [6.07, 6.45) is -2.91. The zero-order valence-corrected chi connectivity index (χ0v) is 10.3. The van der Waals surface area contributed by atoms with Gasteiger partial charge in [-0.25, -0.2) is 18.6 Å². The summed E-state index contributed by atoms with van der Waals surface area (Å²) in [4.78, 5) is 14.3. The lowest BCUT2D eigenvalue weighted by atomic mass is 10.2. The molecule has 0 saturated carbocycles. The van der Waals surface area contributed by atoms with Gasteiger partial charge in [0, 0.05) is 9.80 Å². The Balaban J connectivity index is 3.42. The third-order valence-electron chi connectivity index (χ3n) is 1.61. The Kier molecular flexibility index (Phi) is 4.15. The van der Waals surface area contributed by atoms with Crippen LogP contribution in [0.25, 0.3) is 0 Å². The molecule has 1 aromatic rings. The van der Waals surface area contributed by atoms with Crippen molar-refractivity contribution in [3.8, 4) is 0 Å². The monoisotopic (exact) mass is 343 g/mol. The molecular weight excluding hydrogens is 340 g/mol. The molecule has 0 unspecified atom stereocenters. The third-order valence-corrected chi connectivity index (χ3v) is 2.81. The van der Waals surface area contributed by atoms with Gasteiger partial charge in [0.2, 0.25) is 0 Å². The molecule has 1 heterocycles. The molecule has 0 saturated heterocycles. The SMILES string of the molecule is O=C(O)c1c(Br)cc(CBr)nc1C(F)F. The van der Waals surface area contributed by atoms with Gasteiger partial charge in [0.1, 0.15) is 11.3 Å². The number of hydrogen-bond acceptors (Lipinski definition) is 2. The highest BCUT2D eigenvalue weighted by Gasteiger charge is 2.23. The smallest absolute Gasteiger partial charge is 0.338 e. The molecule has 0 bridgehead atoms. The van der Waals surface area contributed by atoms with Gasteiger partial charge in [-0.3, -0.25) is 0 Å². The summed E-state index contributed by atoms with van der Waals surface area (Å²) in [5, 5.41) is 9.03. The molecule has 15 heavy (non-hydrogen) atoms. The van der Waals surface area contributed by atoms with Crippen molar-refractivity contribution in [3.63, 3.8) is 0 Å². The van der Waals surface area contributed by atoms with Crippen LogP contribution in [0.5, 0.6) is 0 Å². The summed E-state index contributed by atoms with van der Waals surface area (Å²) in [6, 6.07) is 1.39. The van der Waals surface area contributed by atoms with Crippen LogP contribution in [-0.4, -0.2) is 16.1 Å². The maximum Gasteiger partial charge on any atom is 0.338 e. The second-order valence-corrected chi connectivity index (χ2v) is 4.01. The summed E-state index contributed by atoms with van der Waals surface area (Å²) in [5.41, 5.74) is -0.858. The normalized spacial score (nSPS) is 10.7. The Hall–Kier alpha value is -0.560. The highest BCUT2D eigenvalue weighted by molar-refractivity contribution is 9.10. The van der Waals surface area contributed by atoms with Gasteiger partial charge in [0.15, 0.2) is 0 Å². The van der Waals surface area contributed by atoms with E-state index in [1.165, 1.54) is 6.07 Å². The topological polar surface area (TPSA) is 50.2 Å². The van der Waals surface area contributed by atoms with Crippen molar-refractivity contribution in [1.29, 1.82) is 0 Å². The van der Waals surface area contributed by atoms with E-state index in [0.717, 1.165) is 0 Å². The zero-order chi connectivity index (χ0) is 11.6. The van der Waals surface area contributed by atoms with E-state index in [4.69, 9.17) is 5.11 Å². The van der Waals surface area contributed by atoms with Gasteiger partial charge in [-0.2, -0.15) is 0 Å². The Labute approximate surface area is 101 Å². The molecule has 1 N–H and O–H groups in total. The number of aromatic nitrogens is 1. The van der Waals surface area contributed by atoms with Crippen LogP contribution in [0.4, 0.5) is 8.78 Å². The van der Waals surface area contributed by atoms with Crippen molar-refractivity contribution in [1.82, 2.24) is 4.98 Å². The average molecular weight is 345 g/mol. The van der Waals surface area contributed by atoms with E-state index in [1.807, 2.05) is 0 Å². The third kappa shape index (κ3) is 2.72. The molecule has 0 fully saturated rings. The fraction of sp³-hybridized carbons (Fsp3) is 0.250. The van der Waals surface area contributed by atoms with Gasteiger partial charge < -0.3 is 5.11 Å². The van der Waals surface area contributed by atoms with Crippen LogP contribution in [-0.2, 0) is 5.33 Å². The van der Waals surface area contributed by atoms with Crippen molar-refractivity contribution >= 4 is 37.8 Å². The summed E-state index contributed by atoms with van der Waals surface area (Å²) in [5.74, 6) is -1.43. The molecule has 1 rings (SSSR count). The quantitative estimate of drug-likeness (QED) is 0.855. The molecule has 0 radical (unpaired) electrons. The second kappa shape index (κ2) is 4.98. The van der Waals surface area contributed by atoms with Crippen LogP contribution in [0, 0.1) is 0 Å². The van der Waals surface area contributed by atoms with Crippen molar-refractivity contribution in [3.05, 3.63) is 27.5 Å². The first kappa shape index (κ1) is 12.5. The molecule has 3 nitrogen and oxygen atoms in total. The number of pyridine rings is 1. The summed E-state index contributed by atoms with van der Waals surface area (Å²) in [7, 11) is 0. The fourth-order valence-corrected chi connectivity index (χ4v) is 1.95. The Morgan fingerprint density at radius 2 is 2.20 bits per heavy atom. The highest BCUT2D eigenvalue weighted by Crippen LogP contribution is 2.28. The van der Waals surface area contributed by atoms with Gasteiger partial charge in [0.25, 0.3) is 6.43 Å². The summed E-state index contributed by atoms with van der Waals surface area (Å²) >= 11 is 5.99. The summed E-state index contributed by atoms with van der Waals surface area (Å²) in [6.45, 7) is 0. The first-order valence-corrected chi connectivity index (χ1v) is 5.65. The van der Waals surface area contributed by atoms with E-state index in [2.05, 4.69) is 36.8 Å². The molecule has 7 heteroatoms. The predicted octanol–water partition coefficient (Wildman–Crippen LogP) is 3.37. The number of carboxylic acid groups (broad SMARTS) is 1. The molecule has 0 aliphatic rings. The van der Waals surface area contributed by atoms with Gasteiger partial charge >= 0.3 is 5.97 Å². The van der Waals surface area contributed by atoms with Crippen molar-refractivity contribution in [2.75, 3.05) is 0 Å². The highest BCUT2D eigenvalue weighted by atomic mass is 79.9. The predicted molar refractivity (Wildman–Crippen MR) is 56.5 cm³/mol. The lowest BCUT2D eigenvalue weighted by molar-refractivity contribution is 0.0681. The van der Waals surface area contributed by atoms with Crippen molar-refractivity contribution in [2.45, 2.75) is 11.8 Å². The minimum Gasteiger partial charge on any atom is -0.478 e. The van der Waals surface area contributed by atoms with E-state index < -0.39 is 23.7 Å². The largest absolute Gasteiger partial charge is 0.478 e. The van der Waals surface area contributed by atoms with Crippen LogP contribution in [0.1, 0.15) is 28.2 Å². The Bertz CT molecular complexity index is 398. The van der Waals surface area contributed by atoms with Crippen LogP contribution >= 0.6 is 31.9 Å². The first-order chi connectivity index (χ1) is 6.97. The molecule has 0 aliphatic heterocycles. The lowest BCUT2D eigenvalue weighted by Gasteiger charge is -2.08. The van der Waals surface area contributed by atoms with Gasteiger partial charge in [-0.15, -0.1) is 0 Å². The molecule has 1 aromatic heterocycles. The van der Waals surface area contributed by atoms with Gasteiger partial charge in [-0.05, 0) is 22.0 Å². The standard InChI is InChI=1S/C8H5Br2F2NO2/c9-2-3-1-4(10)5(8(14)15)6(13-3)7(11)12/h1,7H,2H2,(H,14,15). The van der Waals surface area contributed by atoms with Crippen LogP contribution in [0.2, 0.25) is 0 Å². The molecular formula is C8H5Br2F2NO2. The van der Waals surface area contributed by atoms with Crippen LogP contribution in [0.3, 0.4) is 0 Å². The van der Waals surface area contributed by atoms with Gasteiger partial charge in [-0.1, -0.05) is 15.9 Å². The maximum atomic E-state index is 12.5. The zero-order valence-electron chi connectivity index (χ0n) is 7.18. The second-order valence-electron chi connectivity index (χ2n) is 2.60. The number of rotatable bonds is 3. The molecule has 0 spiro atoms. The van der Waals surface area contributed by atoms with Crippen molar-refractivity contribution < 1.29 is 18.7 Å². The van der Waals surface area contributed by atoms with E-state index in [9.17, 15) is 13.6 Å². The minimum atomic E-state index is -2.91. The maximum absolute atomic E-state index is 12.5. The minimum absolute atomic E-state index is 0.106. The number of carboxylic acids is 1. The number of aromatic carboxylic acids is 1. The number of halogens is 4. The van der Waals surface area contributed by atoms with E-state index >= 15 is 0 Å². The first-order valence-electron chi connectivity index (χ1n) is 3.74. The molecule has 0 atom stereocenters. The van der Waals surface area contributed by atoms with E-state index in [-0.39, 0.29) is 9.80 Å². The fourth-order valence-electron chi connectivity index (χ4n) is 1.02. The lowest BCUT2D eigenvalue weighted by Crippen LogP contribution is -2.08. The number of carbonyl (C=O) groups is 1. The Morgan fingerprint density at radius 3 is 2.60 bits per heavy atom. The van der Waals surface area contributed by atoms with Crippen LogP contribution in [0.15, 0.2) is 10.5 Å². The number of hydrogen-bond donors (Lipinski definition) is 1. The molecule has 0 amide bonds. The molecule has 82 valence electrons. The average Bonchev–Trinajstić information content (AvgIpc) is 2.15. The summed E-state index contributed by atoms with van der Waals surface area (Å²) < 4.78 is 25.2. The van der Waals surface area contributed by atoms with Crippen molar-refractivity contribution in [2.24, 2.45) is 0 Å². The van der Waals surface area contributed by atoms with Crippen LogP contribution < -0.4 is 0 Å². The van der Waals surface area contributed by atoms with E-state index in [1.54, 1.807) is 0 Å². The number of alkyl halides is 3. The van der Waals surface area contributed by atoms with Gasteiger partial charge in [0.05, 0.1) is 5.69 Å². The number of nitrogens with zero attached hydrogens (tertiary/aromatic N) is 1. The van der Waals surface area contributed by atoms with E-state index in [0.29, 0.717) is 5.69 Å². The molecule has 0 aliphatic carbocycles. The Morgan fingerprint density at radius 1 is 1.60 bits per heavy atom. The molecule has 0 aromatic carbocycles.